The van der Waals surface area contributed by atoms with Crippen molar-refractivity contribution >= 4 is 17.3 Å². The van der Waals surface area contributed by atoms with E-state index in [1.165, 1.54) is 4.90 Å². The second kappa shape index (κ2) is 7.97. The lowest BCUT2D eigenvalue weighted by Crippen LogP contribution is -2.42. The van der Waals surface area contributed by atoms with Gasteiger partial charge in [0, 0.05) is 49.4 Å². The Morgan fingerprint density at radius 1 is 1.20 bits per heavy atom. The lowest BCUT2D eigenvalue weighted by atomic mass is 9.99. The van der Waals surface area contributed by atoms with E-state index in [2.05, 4.69) is 10.2 Å². The first-order valence-corrected chi connectivity index (χ1v) is 8.82. The Bertz CT molecular complexity index is 964. The molecule has 1 aromatic heterocycles. The Morgan fingerprint density at radius 2 is 1.90 bits per heavy atom. The maximum absolute atomic E-state index is 13.9. The van der Waals surface area contributed by atoms with Crippen LogP contribution in [-0.2, 0) is 24.1 Å². The van der Waals surface area contributed by atoms with Crippen LogP contribution in [0.3, 0.4) is 0 Å². The molecule has 13 heteroatoms. The van der Waals surface area contributed by atoms with Gasteiger partial charge in [0.1, 0.15) is 11.6 Å². The second-order valence-corrected chi connectivity index (χ2v) is 6.90. The summed E-state index contributed by atoms with van der Waals surface area (Å²) < 4.78 is 66.6. The van der Waals surface area contributed by atoms with E-state index in [-0.39, 0.29) is 55.3 Å². The van der Waals surface area contributed by atoms with Gasteiger partial charge < -0.3 is 26.3 Å². The van der Waals surface area contributed by atoms with Gasteiger partial charge in [-0.25, -0.2) is 8.78 Å². The number of aromatic nitrogens is 3. The third-order valence-corrected chi connectivity index (χ3v) is 4.65. The van der Waals surface area contributed by atoms with Gasteiger partial charge in [-0.15, -0.1) is 10.2 Å². The minimum Gasteiger partial charge on any atom is -0.398 e. The molecule has 2 aromatic rings. The number of carbonyl (C=O) groups is 1. The molecule has 0 saturated heterocycles. The predicted molar refractivity (Wildman–Crippen MR) is 95.2 cm³/mol. The van der Waals surface area contributed by atoms with Gasteiger partial charge in [0.05, 0.1) is 12.1 Å². The number of hydrogen-bond donors (Lipinski definition) is 3. The number of amides is 1. The van der Waals surface area contributed by atoms with E-state index >= 15 is 0 Å². The second-order valence-electron chi connectivity index (χ2n) is 6.90. The largest absolute Gasteiger partial charge is 0.451 e. The van der Waals surface area contributed by atoms with E-state index in [9.17, 15) is 26.7 Å². The number of carbonyl (C=O) groups excluding carboxylic acids is 1. The average molecular weight is 431 g/mol. The molecule has 0 bridgehead atoms. The fraction of sp³-hybridized carbons (Fsp3) is 0.412. The van der Waals surface area contributed by atoms with Crippen molar-refractivity contribution in [3.05, 3.63) is 41.0 Å². The Kier molecular flexibility index (Phi) is 5.74. The molecular formula is C17H18F5N7O. The van der Waals surface area contributed by atoms with E-state index in [0.717, 1.165) is 10.6 Å². The summed E-state index contributed by atoms with van der Waals surface area (Å²) in [5.74, 6) is -3.46. The molecule has 0 fully saturated rings. The fourth-order valence-electron chi connectivity index (χ4n) is 3.28. The first-order chi connectivity index (χ1) is 14.0. The zero-order chi connectivity index (χ0) is 22.2. The number of hydrogen-bond acceptors (Lipinski definition) is 6. The molecule has 1 unspecified atom stereocenters. The number of nitrogens with two attached hydrogens (primary N) is 2. The zero-order valence-electron chi connectivity index (χ0n) is 15.5. The monoisotopic (exact) mass is 431 g/mol. The summed E-state index contributed by atoms with van der Waals surface area (Å²) >= 11 is 0. The summed E-state index contributed by atoms with van der Waals surface area (Å²) in [6, 6.07) is 0.595. The topological polar surface area (TPSA) is 127 Å². The van der Waals surface area contributed by atoms with E-state index < -0.39 is 35.6 Å². The average Bonchev–Trinajstić information content (AvgIpc) is 3.03. The molecule has 1 amide bonds. The van der Waals surface area contributed by atoms with Crippen molar-refractivity contribution in [3.63, 3.8) is 0 Å². The Morgan fingerprint density at radius 3 is 2.53 bits per heavy atom. The van der Waals surface area contributed by atoms with Crippen LogP contribution >= 0.6 is 0 Å². The molecule has 1 aliphatic rings. The third-order valence-electron chi connectivity index (χ3n) is 4.65. The van der Waals surface area contributed by atoms with Crippen LogP contribution in [0.1, 0.15) is 30.1 Å². The van der Waals surface area contributed by atoms with Gasteiger partial charge >= 0.3 is 6.18 Å². The van der Waals surface area contributed by atoms with Crippen molar-refractivity contribution < 1.29 is 26.7 Å². The summed E-state index contributed by atoms with van der Waals surface area (Å²) in [6.07, 6.45) is -5.08. The molecule has 8 nitrogen and oxygen atoms in total. The summed E-state index contributed by atoms with van der Waals surface area (Å²) in [6.45, 7) is -0.270. The molecule has 5 N–H and O–H groups in total. The highest BCUT2D eigenvalue weighted by Gasteiger charge is 2.40. The zero-order valence-corrected chi connectivity index (χ0v) is 15.5. The number of fused-ring (bicyclic) bond motifs is 1. The van der Waals surface area contributed by atoms with Gasteiger partial charge in [-0.3, -0.25) is 4.79 Å². The molecule has 1 aromatic carbocycles. The maximum Gasteiger partial charge on any atom is 0.451 e. The van der Waals surface area contributed by atoms with E-state index in [4.69, 9.17) is 16.9 Å². The number of nitrogen functional groups attached to an aromatic ring is 1. The first kappa shape index (κ1) is 21.6. The van der Waals surface area contributed by atoms with Crippen LogP contribution in [0.15, 0.2) is 12.1 Å². The number of alkyl halides is 3. The highest BCUT2D eigenvalue weighted by atomic mass is 19.4. The molecule has 0 aliphatic carbocycles. The van der Waals surface area contributed by atoms with Crippen LogP contribution in [0.4, 0.5) is 27.6 Å². The predicted octanol–water partition coefficient (Wildman–Crippen LogP) is 1.68. The molecular weight excluding hydrogens is 413 g/mol. The van der Waals surface area contributed by atoms with Gasteiger partial charge in [-0.05, 0) is 6.07 Å². The highest BCUT2D eigenvalue weighted by molar-refractivity contribution is 6.03. The lowest BCUT2D eigenvalue weighted by molar-refractivity contribution is -0.148. The van der Waals surface area contributed by atoms with Crippen LogP contribution in [0.5, 0.6) is 0 Å². The molecule has 3 rings (SSSR count). The summed E-state index contributed by atoms with van der Waals surface area (Å²) in [5.41, 5.74) is 10.6. The Hall–Kier alpha value is -3.09. The van der Waals surface area contributed by atoms with Crippen LogP contribution in [0, 0.1) is 17.0 Å². The van der Waals surface area contributed by atoms with Crippen LogP contribution in [0.25, 0.3) is 0 Å². The third kappa shape index (κ3) is 4.40. The van der Waals surface area contributed by atoms with Gasteiger partial charge in [0.25, 0.3) is 0 Å². The normalized spacial score (nSPS) is 15.1. The van der Waals surface area contributed by atoms with Crippen LogP contribution < -0.4 is 11.5 Å². The molecule has 0 radical (unpaired) electrons. The highest BCUT2D eigenvalue weighted by Crippen LogP contribution is 2.29. The molecule has 1 atom stereocenters. The smallest absolute Gasteiger partial charge is 0.398 e. The molecule has 30 heavy (non-hydrogen) atoms. The molecule has 0 saturated carbocycles. The number of rotatable bonds is 5. The van der Waals surface area contributed by atoms with Crippen molar-refractivity contribution in [2.24, 2.45) is 5.73 Å². The minimum absolute atomic E-state index is 0.00407. The minimum atomic E-state index is -4.64. The Balaban J connectivity index is 1.61. The quantitative estimate of drug-likeness (QED) is 0.377. The van der Waals surface area contributed by atoms with Crippen molar-refractivity contribution in [2.75, 3.05) is 12.3 Å². The summed E-state index contributed by atoms with van der Waals surface area (Å²) in [4.78, 5) is 13.8. The Labute approximate surface area is 167 Å². The van der Waals surface area contributed by atoms with Crippen LogP contribution in [-0.4, -0.2) is 43.9 Å². The van der Waals surface area contributed by atoms with E-state index in [0.29, 0.717) is 6.07 Å². The fourth-order valence-corrected chi connectivity index (χ4v) is 3.28. The number of nitrogens with zero attached hydrogens (tertiary/aromatic N) is 4. The van der Waals surface area contributed by atoms with Crippen molar-refractivity contribution in [1.29, 1.82) is 5.41 Å². The number of anilines is 1. The van der Waals surface area contributed by atoms with Crippen LogP contribution in [0.2, 0.25) is 0 Å². The number of benzene rings is 1. The summed E-state index contributed by atoms with van der Waals surface area (Å²) in [5, 5.41) is 14.6. The van der Waals surface area contributed by atoms with E-state index in [1.54, 1.807) is 0 Å². The molecule has 0 spiro atoms. The van der Waals surface area contributed by atoms with E-state index in [1.807, 2.05) is 0 Å². The number of halogens is 5. The van der Waals surface area contributed by atoms with Crippen molar-refractivity contribution in [2.45, 2.75) is 38.1 Å². The van der Waals surface area contributed by atoms with Gasteiger partial charge in [0.2, 0.25) is 11.7 Å². The van der Waals surface area contributed by atoms with Gasteiger partial charge in [-0.2, -0.15) is 13.2 Å². The number of nitrogens with one attached hydrogen (secondary N) is 1. The first-order valence-electron chi connectivity index (χ1n) is 8.82. The molecule has 1 aliphatic heterocycles. The standard InChI is InChI=1S/C17H18F5N7O/c18-8-3-10(19)15(11(24)4-8)12(25)5-9(23)6-14(30)28-1-2-29-13(7-28)26-27-16(29)17(20,21)22/h3-4,9,25H,1-2,5-7,23-24H2. The summed E-state index contributed by atoms with van der Waals surface area (Å²) in [7, 11) is 0. The van der Waals surface area contributed by atoms with Gasteiger partial charge in [-0.1, -0.05) is 0 Å². The SMILES string of the molecule is N=C(CC(N)CC(=O)N1CCn2c(nnc2C(F)(F)F)C1)c1c(N)cc(F)cc1F. The maximum atomic E-state index is 13.9. The molecule has 2 heterocycles. The molecule has 162 valence electrons. The van der Waals surface area contributed by atoms with Gasteiger partial charge in [0.15, 0.2) is 5.82 Å². The lowest BCUT2D eigenvalue weighted by Gasteiger charge is -2.29. The van der Waals surface area contributed by atoms with Crippen molar-refractivity contribution in [1.82, 2.24) is 19.7 Å². The van der Waals surface area contributed by atoms with Crippen molar-refractivity contribution in [3.8, 4) is 0 Å².